The van der Waals surface area contributed by atoms with Gasteiger partial charge in [-0.1, -0.05) is 41.4 Å². The van der Waals surface area contributed by atoms with Crippen molar-refractivity contribution in [1.29, 1.82) is 0 Å². The van der Waals surface area contributed by atoms with Gasteiger partial charge in [0.25, 0.3) is 5.69 Å². The number of halogens is 3. The van der Waals surface area contributed by atoms with Crippen LogP contribution in [-0.4, -0.2) is 12.0 Å². The second kappa shape index (κ2) is 9.96. The number of nitro benzene ring substituents is 1. The SMILES string of the molecule is COc1cc([C@@H]2Nc3c(C)cc([N+](=O)[O-])cc3[C@H]3C=CC[C@H]32)cc(Br)c1OCc1ccc(Cl)c(Cl)c1. The summed E-state index contributed by atoms with van der Waals surface area (Å²) >= 11 is 15.8. The Balaban J connectivity index is 1.47. The Morgan fingerprint density at radius 1 is 1.17 bits per heavy atom. The largest absolute Gasteiger partial charge is 0.493 e. The number of nitro groups is 1. The van der Waals surface area contributed by atoms with Crippen LogP contribution in [0.25, 0.3) is 0 Å². The van der Waals surface area contributed by atoms with E-state index in [4.69, 9.17) is 32.7 Å². The van der Waals surface area contributed by atoms with Gasteiger partial charge in [0.05, 0.1) is 32.6 Å². The summed E-state index contributed by atoms with van der Waals surface area (Å²) in [7, 11) is 1.62. The quantitative estimate of drug-likeness (QED) is 0.177. The van der Waals surface area contributed by atoms with Crippen LogP contribution < -0.4 is 14.8 Å². The molecule has 0 saturated heterocycles. The standard InChI is InChI=1S/C27H23BrCl2N2O4/c1-14-8-17(32(33)34)12-20-18-4-3-5-19(18)26(31-25(14)20)16-10-21(28)27(24(11-16)35-2)36-13-15-6-7-22(29)23(30)9-15/h3-4,6-12,18-19,26,31H,5,13H2,1-2H3/t18-,19+,26-/m0/s1. The van der Waals surface area contributed by atoms with E-state index >= 15 is 0 Å². The number of nitrogens with one attached hydrogen (secondary N) is 1. The van der Waals surface area contributed by atoms with Crippen LogP contribution in [0.3, 0.4) is 0 Å². The minimum atomic E-state index is -0.328. The average molecular weight is 590 g/mol. The van der Waals surface area contributed by atoms with Crippen molar-refractivity contribution in [3.63, 3.8) is 0 Å². The van der Waals surface area contributed by atoms with Crippen LogP contribution in [-0.2, 0) is 6.61 Å². The van der Waals surface area contributed by atoms with Crippen LogP contribution in [0.5, 0.6) is 11.5 Å². The molecule has 3 aromatic rings. The molecular weight excluding hydrogens is 567 g/mol. The van der Waals surface area contributed by atoms with Gasteiger partial charge < -0.3 is 14.8 Å². The van der Waals surface area contributed by atoms with Crippen LogP contribution in [0.15, 0.2) is 59.1 Å². The first kappa shape index (κ1) is 24.9. The lowest BCUT2D eigenvalue weighted by Gasteiger charge is -2.38. The smallest absolute Gasteiger partial charge is 0.270 e. The van der Waals surface area contributed by atoms with Crippen molar-refractivity contribution in [2.24, 2.45) is 5.92 Å². The van der Waals surface area contributed by atoms with Crippen molar-refractivity contribution >= 4 is 50.5 Å². The molecule has 3 atom stereocenters. The van der Waals surface area contributed by atoms with Gasteiger partial charge in [-0.3, -0.25) is 10.1 Å². The summed E-state index contributed by atoms with van der Waals surface area (Å²) < 4.78 is 12.6. The summed E-state index contributed by atoms with van der Waals surface area (Å²) in [6.45, 7) is 2.21. The number of benzene rings is 3. The van der Waals surface area contributed by atoms with E-state index in [1.807, 2.05) is 25.1 Å². The van der Waals surface area contributed by atoms with Crippen LogP contribution in [0.1, 0.15) is 40.6 Å². The van der Waals surface area contributed by atoms with Gasteiger partial charge >= 0.3 is 0 Å². The number of hydrogen-bond donors (Lipinski definition) is 1. The molecule has 36 heavy (non-hydrogen) atoms. The zero-order valence-corrected chi connectivity index (χ0v) is 22.7. The molecule has 0 fully saturated rings. The number of fused-ring (bicyclic) bond motifs is 3. The molecule has 0 saturated carbocycles. The minimum Gasteiger partial charge on any atom is -0.493 e. The molecule has 1 aliphatic carbocycles. The molecule has 0 spiro atoms. The highest BCUT2D eigenvalue weighted by Gasteiger charge is 2.40. The lowest BCUT2D eigenvalue weighted by Crippen LogP contribution is -2.29. The van der Waals surface area contributed by atoms with E-state index in [-0.39, 0.29) is 28.5 Å². The van der Waals surface area contributed by atoms with Crippen molar-refractivity contribution in [3.8, 4) is 11.5 Å². The molecule has 9 heteroatoms. The number of allylic oxidation sites excluding steroid dienone is 2. The van der Waals surface area contributed by atoms with Crippen LogP contribution in [0, 0.1) is 23.0 Å². The molecule has 5 rings (SSSR count). The molecule has 0 aromatic heterocycles. The predicted molar refractivity (Wildman–Crippen MR) is 146 cm³/mol. The van der Waals surface area contributed by atoms with Crippen LogP contribution in [0.2, 0.25) is 10.0 Å². The fourth-order valence-corrected chi connectivity index (χ4v) is 6.04. The summed E-state index contributed by atoms with van der Waals surface area (Å²) in [5.41, 5.74) is 4.84. The average Bonchev–Trinajstić information content (AvgIpc) is 3.35. The highest BCUT2D eigenvalue weighted by molar-refractivity contribution is 9.10. The van der Waals surface area contributed by atoms with Gasteiger partial charge in [-0.05, 0) is 81.7 Å². The fraction of sp³-hybridized carbons (Fsp3) is 0.259. The third-order valence-corrected chi connectivity index (χ3v) is 8.17. The zero-order chi connectivity index (χ0) is 25.6. The first-order chi connectivity index (χ1) is 17.3. The number of anilines is 1. The van der Waals surface area contributed by atoms with E-state index in [9.17, 15) is 10.1 Å². The van der Waals surface area contributed by atoms with Gasteiger partial charge in [0, 0.05) is 23.7 Å². The monoisotopic (exact) mass is 588 g/mol. The minimum absolute atomic E-state index is 0.00743. The van der Waals surface area contributed by atoms with Gasteiger partial charge in [0.2, 0.25) is 0 Å². The number of nitrogens with zero attached hydrogens (tertiary/aromatic N) is 1. The van der Waals surface area contributed by atoms with E-state index in [1.165, 1.54) is 0 Å². The topological polar surface area (TPSA) is 73.6 Å². The summed E-state index contributed by atoms with van der Waals surface area (Å²) in [4.78, 5) is 11.1. The Kier molecular flexibility index (Phi) is 6.90. The van der Waals surface area contributed by atoms with Crippen molar-refractivity contribution in [1.82, 2.24) is 0 Å². The maximum atomic E-state index is 11.5. The molecule has 0 radical (unpaired) electrons. The van der Waals surface area contributed by atoms with E-state index < -0.39 is 0 Å². The van der Waals surface area contributed by atoms with Crippen molar-refractivity contribution in [2.75, 3.05) is 12.4 Å². The maximum Gasteiger partial charge on any atom is 0.270 e. The molecule has 2 aliphatic rings. The van der Waals surface area contributed by atoms with Crippen molar-refractivity contribution in [2.45, 2.75) is 31.9 Å². The number of methoxy groups -OCH3 is 1. The molecule has 3 aromatic carbocycles. The molecular formula is C27H23BrCl2N2O4. The van der Waals surface area contributed by atoms with Gasteiger partial charge in [-0.15, -0.1) is 0 Å². The second-order valence-corrected chi connectivity index (χ2v) is 10.7. The second-order valence-electron chi connectivity index (χ2n) is 9.03. The number of aryl methyl sites for hydroxylation is 1. The first-order valence-electron chi connectivity index (χ1n) is 11.4. The predicted octanol–water partition coefficient (Wildman–Crippen LogP) is 8.39. The molecule has 186 valence electrons. The van der Waals surface area contributed by atoms with E-state index in [0.717, 1.165) is 38.8 Å². The van der Waals surface area contributed by atoms with E-state index in [1.54, 1.807) is 31.4 Å². The molecule has 0 bridgehead atoms. The van der Waals surface area contributed by atoms with Crippen molar-refractivity contribution in [3.05, 3.63) is 102 Å². The Hall–Kier alpha value is -2.74. The number of rotatable bonds is 6. The zero-order valence-electron chi connectivity index (χ0n) is 19.6. The summed E-state index contributed by atoms with van der Waals surface area (Å²) in [5, 5.41) is 16.1. The highest BCUT2D eigenvalue weighted by atomic mass is 79.9. The molecule has 0 amide bonds. The third-order valence-electron chi connectivity index (χ3n) is 6.84. The van der Waals surface area contributed by atoms with Gasteiger partial charge in [0.1, 0.15) is 6.61 Å². The number of non-ortho nitro benzene ring substituents is 1. The number of ether oxygens (including phenoxy) is 2. The van der Waals surface area contributed by atoms with Gasteiger partial charge in [0.15, 0.2) is 11.5 Å². The molecule has 0 unspecified atom stereocenters. The van der Waals surface area contributed by atoms with E-state index in [2.05, 4.69) is 33.4 Å². The Bertz CT molecular complexity index is 1390. The van der Waals surface area contributed by atoms with Gasteiger partial charge in [-0.25, -0.2) is 0 Å². The van der Waals surface area contributed by atoms with Crippen molar-refractivity contribution < 1.29 is 14.4 Å². The fourth-order valence-electron chi connectivity index (χ4n) is 5.15. The molecule has 1 heterocycles. The summed E-state index contributed by atoms with van der Waals surface area (Å²) in [6.07, 6.45) is 5.20. The Morgan fingerprint density at radius 3 is 2.69 bits per heavy atom. The van der Waals surface area contributed by atoms with E-state index in [0.29, 0.717) is 28.2 Å². The van der Waals surface area contributed by atoms with Crippen LogP contribution >= 0.6 is 39.1 Å². The Morgan fingerprint density at radius 2 is 1.97 bits per heavy atom. The Labute approximate surface area is 227 Å². The summed E-state index contributed by atoms with van der Waals surface area (Å²) in [6, 6.07) is 12.8. The summed E-state index contributed by atoms with van der Waals surface area (Å²) in [5.74, 6) is 1.52. The first-order valence-corrected chi connectivity index (χ1v) is 13.0. The molecule has 1 N–H and O–H groups in total. The highest BCUT2D eigenvalue weighted by Crippen LogP contribution is 2.52. The third kappa shape index (κ3) is 4.56. The molecule has 1 aliphatic heterocycles. The van der Waals surface area contributed by atoms with Crippen LogP contribution in [0.4, 0.5) is 11.4 Å². The number of hydrogen-bond acceptors (Lipinski definition) is 5. The lowest BCUT2D eigenvalue weighted by molar-refractivity contribution is -0.385. The normalized spacial score (nSPS) is 19.9. The lowest BCUT2D eigenvalue weighted by atomic mass is 9.76. The molecule has 6 nitrogen and oxygen atoms in total. The maximum absolute atomic E-state index is 11.5. The van der Waals surface area contributed by atoms with Gasteiger partial charge in [-0.2, -0.15) is 0 Å².